The van der Waals surface area contributed by atoms with Crippen LogP contribution in [0.2, 0.25) is 0 Å². The van der Waals surface area contributed by atoms with Gasteiger partial charge in [0.1, 0.15) is 0 Å². The van der Waals surface area contributed by atoms with Crippen molar-refractivity contribution < 1.29 is 0 Å². The molecule has 12 heavy (non-hydrogen) atoms. The zero-order chi connectivity index (χ0) is 8.97. The van der Waals surface area contributed by atoms with E-state index in [1.807, 2.05) is 18.2 Å². The molecule has 0 fully saturated rings. The Hall–Kier alpha value is -0.560. The number of benzene rings is 1. The molecule has 0 saturated heterocycles. The number of hydrogen-bond acceptors (Lipinski definition) is 1. The van der Waals surface area contributed by atoms with Crippen LogP contribution in [0.1, 0.15) is 24.5 Å². The van der Waals surface area contributed by atoms with Gasteiger partial charge in [-0.05, 0) is 52.8 Å². The van der Waals surface area contributed by atoms with Gasteiger partial charge >= 0.3 is 0 Å². The summed E-state index contributed by atoms with van der Waals surface area (Å²) in [7, 11) is 0. The molecular formula is C10H10IN. The van der Waals surface area contributed by atoms with Gasteiger partial charge in [0.05, 0.1) is 11.6 Å². The molecule has 0 radical (unpaired) electrons. The highest BCUT2D eigenvalue weighted by atomic mass is 127. The van der Waals surface area contributed by atoms with E-state index in [9.17, 15) is 0 Å². The lowest BCUT2D eigenvalue weighted by Crippen LogP contribution is -1.89. The van der Waals surface area contributed by atoms with Gasteiger partial charge in [0, 0.05) is 3.57 Å². The summed E-state index contributed by atoms with van der Waals surface area (Å²) in [5.74, 6) is 0. The van der Waals surface area contributed by atoms with Crippen molar-refractivity contribution in [1.29, 1.82) is 5.26 Å². The van der Waals surface area contributed by atoms with Crippen LogP contribution >= 0.6 is 22.6 Å². The Bertz CT molecular complexity index is 312. The lowest BCUT2D eigenvalue weighted by Gasteiger charge is -2.01. The van der Waals surface area contributed by atoms with Crippen LogP contribution in [0, 0.1) is 14.9 Å². The van der Waals surface area contributed by atoms with E-state index in [0.29, 0.717) is 0 Å². The molecule has 0 unspecified atom stereocenters. The fraction of sp³-hybridized carbons (Fsp3) is 0.300. The molecular weight excluding hydrogens is 261 g/mol. The molecule has 0 amide bonds. The van der Waals surface area contributed by atoms with Gasteiger partial charge in [-0.2, -0.15) is 5.26 Å². The lowest BCUT2D eigenvalue weighted by atomic mass is 10.1. The molecule has 1 aromatic carbocycles. The van der Waals surface area contributed by atoms with Crippen molar-refractivity contribution in [3.8, 4) is 6.07 Å². The van der Waals surface area contributed by atoms with Gasteiger partial charge in [-0.3, -0.25) is 0 Å². The van der Waals surface area contributed by atoms with Crippen LogP contribution in [0.25, 0.3) is 0 Å². The molecule has 0 atom stereocenters. The molecule has 0 aromatic heterocycles. The van der Waals surface area contributed by atoms with Crippen molar-refractivity contribution in [3.05, 3.63) is 32.9 Å². The smallest absolute Gasteiger partial charge is 0.0991 e. The standard InChI is InChI=1S/C10H10IN/c1-2-3-9-6-8(7-12)4-5-10(9)11/h4-6H,2-3H2,1H3. The number of nitrogens with zero attached hydrogens (tertiary/aromatic N) is 1. The SMILES string of the molecule is CCCc1cc(C#N)ccc1I. The van der Waals surface area contributed by atoms with Crippen LogP contribution in [0.3, 0.4) is 0 Å². The molecule has 0 N–H and O–H groups in total. The van der Waals surface area contributed by atoms with E-state index in [4.69, 9.17) is 5.26 Å². The Morgan fingerprint density at radius 3 is 2.83 bits per heavy atom. The first kappa shape index (κ1) is 9.53. The van der Waals surface area contributed by atoms with Gasteiger partial charge in [-0.1, -0.05) is 13.3 Å². The molecule has 0 saturated carbocycles. The Morgan fingerprint density at radius 1 is 1.50 bits per heavy atom. The minimum Gasteiger partial charge on any atom is -0.192 e. The average molecular weight is 271 g/mol. The zero-order valence-corrected chi connectivity index (χ0v) is 9.13. The maximum Gasteiger partial charge on any atom is 0.0991 e. The van der Waals surface area contributed by atoms with Crippen molar-refractivity contribution in [2.24, 2.45) is 0 Å². The second kappa shape index (κ2) is 4.46. The number of halogens is 1. The highest BCUT2D eigenvalue weighted by molar-refractivity contribution is 14.1. The predicted molar refractivity (Wildman–Crippen MR) is 57.9 cm³/mol. The predicted octanol–water partition coefficient (Wildman–Crippen LogP) is 3.12. The molecule has 1 rings (SSSR count). The van der Waals surface area contributed by atoms with Gasteiger partial charge < -0.3 is 0 Å². The Kier molecular flexibility index (Phi) is 3.54. The minimum absolute atomic E-state index is 0.763. The maximum atomic E-state index is 8.67. The first-order chi connectivity index (χ1) is 5.77. The van der Waals surface area contributed by atoms with Gasteiger partial charge in [-0.15, -0.1) is 0 Å². The third kappa shape index (κ3) is 2.21. The van der Waals surface area contributed by atoms with Crippen LogP contribution in [-0.4, -0.2) is 0 Å². The van der Waals surface area contributed by atoms with Crippen LogP contribution in [0.4, 0.5) is 0 Å². The molecule has 2 heteroatoms. The van der Waals surface area contributed by atoms with Crippen molar-refractivity contribution in [2.45, 2.75) is 19.8 Å². The van der Waals surface area contributed by atoms with E-state index in [2.05, 4.69) is 35.6 Å². The third-order valence-corrected chi connectivity index (χ3v) is 2.75. The van der Waals surface area contributed by atoms with E-state index in [-0.39, 0.29) is 0 Å². The molecule has 62 valence electrons. The summed E-state index contributed by atoms with van der Waals surface area (Å²) in [4.78, 5) is 0. The van der Waals surface area contributed by atoms with Gasteiger partial charge in [0.25, 0.3) is 0 Å². The Balaban J connectivity index is 3.01. The molecule has 0 aliphatic rings. The van der Waals surface area contributed by atoms with Crippen molar-refractivity contribution in [3.63, 3.8) is 0 Å². The minimum atomic E-state index is 0.763. The van der Waals surface area contributed by atoms with E-state index in [1.165, 1.54) is 9.13 Å². The normalized spacial score (nSPS) is 9.42. The molecule has 1 nitrogen and oxygen atoms in total. The second-order valence-corrected chi connectivity index (χ2v) is 3.83. The maximum absolute atomic E-state index is 8.67. The fourth-order valence-corrected chi connectivity index (χ4v) is 1.71. The van der Waals surface area contributed by atoms with Crippen molar-refractivity contribution in [1.82, 2.24) is 0 Å². The number of hydrogen-bond donors (Lipinski definition) is 0. The van der Waals surface area contributed by atoms with Gasteiger partial charge in [-0.25, -0.2) is 0 Å². The topological polar surface area (TPSA) is 23.8 Å². The largest absolute Gasteiger partial charge is 0.192 e. The van der Waals surface area contributed by atoms with Crippen LogP contribution in [-0.2, 0) is 6.42 Å². The summed E-state index contributed by atoms with van der Waals surface area (Å²) in [6, 6.07) is 7.99. The summed E-state index contributed by atoms with van der Waals surface area (Å²) >= 11 is 2.31. The van der Waals surface area contributed by atoms with E-state index in [0.717, 1.165) is 18.4 Å². The van der Waals surface area contributed by atoms with Crippen LogP contribution in [0.15, 0.2) is 18.2 Å². The van der Waals surface area contributed by atoms with Gasteiger partial charge in [0.15, 0.2) is 0 Å². The monoisotopic (exact) mass is 271 g/mol. The van der Waals surface area contributed by atoms with Gasteiger partial charge in [0.2, 0.25) is 0 Å². The first-order valence-electron chi connectivity index (χ1n) is 3.96. The van der Waals surface area contributed by atoms with E-state index < -0.39 is 0 Å². The highest BCUT2D eigenvalue weighted by Crippen LogP contribution is 2.15. The number of nitriles is 1. The summed E-state index contributed by atoms with van der Waals surface area (Å²) in [6.45, 7) is 2.15. The number of aryl methyl sites for hydroxylation is 1. The molecule has 0 spiro atoms. The first-order valence-corrected chi connectivity index (χ1v) is 5.04. The molecule has 1 aromatic rings. The van der Waals surface area contributed by atoms with Crippen molar-refractivity contribution in [2.75, 3.05) is 0 Å². The lowest BCUT2D eigenvalue weighted by molar-refractivity contribution is 0.916. The second-order valence-electron chi connectivity index (χ2n) is 2.67. The molecule has 0 bridgehead atoms. The zero-order valence-electron chi connectivity index (χ0n) is 6.97. The highest BCUT2D eigenvalue weighted by Gasteiger charge is 1.99. The Labute approximate surface area is 86.5 Å². The molecule has 0 heterocycles. The summed E-state index contributed by atoms with van der Waals surface area (Å²) in [5.41, 5.74) is 2.05. The van der Waals surface area contributed by atoms with Crippen LogP contribution in [0.5, 0.6) is 0 Å². The summed E-state index contributed by atoms with van der Waals surface area (Å²) < 4.78 is 1.26. The fourth-order valence-electron chi connectivity index (χ4n) is 1.11. The van der Waals surface area contributed by atoms with E-state index >= 15 is 0 Å². The van der Waals surface area contributed by atoms with Crippen molar-refractivity contribution >= 4 is 22.6 Å². The Morgan fingerprint density at radius 2 is 2.25 bits per heavy atom. The summed E-state index contributed by atoms with van der Waals surface area (Å²) in [5, 5.41) is 8.67. The molecule has 0 aliphatic carbocycles. The van der Waals surface area contributed by atoms with Crippen LogP contribution < -0.4 is 0 Å². The number of rotatable bonds is 2. The average Bonchev–Trinajstić information content (AvgIpc) is 2.09. The summed E-state index contributed by atoms with van der Waals surface area (Å²) in [6.07, 6.45) is 2.19. The van der Waals surface area contributed by atoms with E-state index in [1.54, 1.807) is 0 Å². The quantitative estimate of drug-likeness (QED) is 0.758. The third-order valence-electron chi connectivity index (χ3n) is 1.69. The molecule has 0 aliphatic heterocycles.